The molecule has 1 aliphatic carbocycles. The number of ether oxygens (including phenoxy) is 1. The van der Waals surface area contributed by atoms with Crippen LogP contribution in [0, 0.1) is 0 Å². The Kier molecular flexibility index (Phi) is 6.42. The number of fused-ring (bicyclic) bond motifs is 1. The van der Waals surface area contributed by atoms with Gasteiger partial charge in [-0.3, -0.25) is 14.7 Å². The van der Waals surface area contributed by atoms with Crippen LogP contribution in [-0.2, 0) is 0 Å². The summed E-state index contributed by atoms with van der Waals surface area (Å²) >= 11 is 12.6. The van der Waals surface area contributed by atoms with Crippen LogP contribution in [0.4, 0.5) is 17.1 Å². The maximum Gasteiger partial charge on any atom is 0.252 e. The van der Waals surface area contributed by atoms with E-state index in [1.54, 1.807) is 25.3 Å². The lowest BCUT2D eigenvalue weighted by molar-refractivity contribution is 0.100. The SMILES string of the molecule is COc1cc2ncc(C(N)=O)c(Nc3cccc(Cl)c3Cl)c2cc1N1CCCN(C2CC2)CC1. The van der Waals surface area contributed by atoms with E-state index in [-0.39, 0.29) is 5.56 Å². The highest BCUT2D eigenvalue weighted by molar-refractivity contribution is 6.43. The molecule has 2 aromatic carbocycles. The molecule has 3 N–H and O–H groups in total. The number of nitrogens with two attached hydrogens (primary N) is 1. The van der Waals surface area contributed by atoms with Gasteiger partial charge in [-0.15, -0.1) is 0 Å². The van der Waals surface area contributed by atoms with Gasteiger partial charge in [0.25, 0.3) is 5.91 Å². The van der Waals surface area contributed by atoms with Crippen molar-refractivity contribution >= 4 is 57.1 Å². The van der Waals surface area contributed by atoms with Crippen LogP contribution in [0.25, 0.3) is 10.9 Å². The lowest BCUT2D eigenvalue weighted by Crippen LogP contribution is -2.32. The molecular formula is C25H27Cl2N5O2. The third kappa shape index (κ3) is 4.48. The molecule has 1 saturated carbocycles. The Balaban J connectivity index is 1.60. The average molecular weight is 500 g/mol. The summed E-state index contributed by atoms with van der Waals surface area (Å²) in [5.74, 6) is 0.167. The summed E-state index contributed by atoms with van der Waals surface area (Å²) in [6.07, 6.45) is 5.18. The van der Waals surface area contributed by atoms with Crippen molar-refractivity contribution in [2.75, 3.05) is 43.5 Å². The minimum Gasteiger partial charge on any atom is -0.495 e. The van der Waals surface area contributed by atoms with Crippen molar-refractivity contribution in [1.29, 1.82) is 0 Å². The first-order valence-electron chi connectivity index (χ1n) is 11.5. The molecule has 0 atom stereocenters. The van der Waals surface area contributed by atoms with Crippen molar-refractivity contribution in [3.8, 4) is 5.75 Å². The van der Waals surface area contributed by atoms with Crippen LogP contribution in [0.1, 0.15) is 29.6 Å². The van der Waals surface area contributed by atoms with Crippen molar-refractivity contribution in [3.05, 3.63) is 52.1 Å². The number of rotatable bonds is 6. The Hall–Kier alpha value is -2.74. The quantitative estimate of drug-likeness (QED) is 0.492. The number of nitrogens with zero attached hydrogens (tertiary/aromatic N) is 3. The third-order valence-corrected chi connectivity index (χ3v) is 7.40. The maximum atomic E-state index is 12.3. The number of methoxy groups -OCH3 is 1. The third-order valence-electron chi connectivity index (χ3n) is 6.58. The molecule has 2 aliphatic rings. The first kappa shape index (κ1) is 23.0. The Morgan fingerprint density at radius 3 is 2.74 bits per heavy atom. The molecule has 1 amide bonds. The zero-order valence-corrected chi connectivity index (χ0v) is 20.5. The minimum absolute atomic E-state index is 0.274. The van der Waals surface area contributed by atoms with Gasteiger partial charge in [0, 0.05) is 49.9 Å². The highest BCUT2D eigenvalue weighted by Gasteiger charge is 2.30. The average Bonchev–Trinajstić information content (AvgIpc) is 3.68. The second-order valence-electron chi connectivity index (χ2n) is 8.79. The van der Waals surface area contributed by atoms with E-state index in [0.29, 0.717) is 26.9 Å². The van der Waals surface area contributed by atoms with E-state index in [9.17, 15) is 4.79 Å². The Morgan fingerprint density at radius 2 is 2.00 bits per heavy atom. The number of amides is 1. The number of carbonyl (C=O) groups is 1. The first-order chi connectivity index (χ1) is 16.5. The number of carbonyl (C=O) groups excluding carboxylic acids is 1. The topological polar surface area (TPSA) is 83.7 Å². The van der Waals surface area contributed by atoms with Crippen LogP contribution in [0.3, 0.4) is 0 Å². The van der Waals surface area contributed by atoms with Crippen LogP contribution in [0.15, 0.2) is 36.5 Å². The monoisotopic (exact) mass is 499 g/mol. The summed E-state index contributed by atoms with van der Waals surface area (Å²) < 4.78 is 5.76. The predicted octanol–water partition coefficient (Wildman–Crippen LogP) is 5.07. The molecule has 2 fully saturated rings. The summed E-state index contributed by atoms with van der Waals surface area (Å²) in [5.41, 5.74) is 8.76. The molecule has 2 heterocycles. The van der Waals surface area contributed by atoms with Gasteiger partial charge >= 0.3 is 0 Å². The largest absolute Gasteiger partial charge is 0.495 e. The van der Waals surface area contributed by atoms with Gasteiger partial charge in [-0.2, -0.15) is 0 Å². The Bertz CT molecular complexity index is 1250. The van der Waals surface area contributed by atoms with Gasteiger partial charge in [-0.1, -0.05) is 29.3 Å². The van der Waals surface area contributed by atoms with Gasteiger partial charge in [0.15, 0.2) is 0 Å². The van der Waals surface area contributed by atoms with Gasteiger partial charge in [-0.05, 0) is 37.5 Å². The molecule has 34 heavy (non-hydrogen) atoms. The summed E-state index contributed by atoms with van der Waals surface area (Å²) in [7, 11) is 1.67. The van der Waals surface area contributed by atoms with Crippen LogP contribution in [0.2, 0.25) is 10.0 Å². The number of nitrogens with one attached hydrogen (secondary N) is 1. The van der Waals surface area contributed by atoms with Gasteiger partial charge in [0.05, 0.1) is 45.3 Å². The summed E-state index contributed by atoms with van der Waals surface area (Å²) in [6.45, 7) is 3.97. The van der Waals surface area contributed by atoms with E-state index in [4.69, 9.17) is 33.7 Å². The molecule has 3 aromatic rings. The molecule has 1 aliphatic heterocycles. The highest BCUT2D eigenvalue weighted by Crippen LogP contribution is 2.40. The maximum absolute atomic E-state index is 12.3. The fraction of sp³-hybridized carbons (Fsp3) is 0.360. The number of halogens is 2. The van der Waals surface area contributed by atoms with E-state index in [2.05, 4.69) is 20.1 Å². The standard InChI is InChI=1S/C25H27Cl2N5O2/c1-34-22-13-20-16(12-21(22)32-9-3-8-31(10-11-32)15-6-7-15)24(17(14-29-20)25(28)33)30-19-5-2-4-18(26)23(19)27/h2,4-5,12-15H,3,6-11H2,1H3,(H2,28,33)(H,29,30). The number of anilines is 3. The number of hydrogen-bond donors (Lipinski definition) is 2. The van der Waals surface area contributed by atoms with Crippen LogP contribution < -0.4 is 20.7 Å². The number of benzene rings is 2. The normalized spacial score (nSPS) is 17.0. The molecule has 0 unspecified atom stereocenters. The van der Waals surface area contributed by atoms with Crippen LogP contribution in [0.5, 0.6) is 5.75 Å². The summed E-state index contributed by atoms with van der Waals surface area (Å²) in [4.78, 5) is 21.8. The van der Waals surface area contributed by atoms with E-state index in [1.165, 1.54) is 19.0 Å². The second kappa shape index (κ2) is 9.49. The van der Waals surface area contributed by atoms with Crippen LogP contribution >= 0.6 is 23.2 Å². The fourth-order valence-corrected chi connectivity index (χ4v) is 5.01. The minimum atomic E-state index is -0.581. The fourth-order valence-electron chi connectivity index (χ4n) is 4.66. The van der Waals surface area contributed by atoms with Gasteiger partial charge in [-0.25, -0.2) is 0 Å². The first-order valence-corrected chi connectivity index (χ1v) is 12.2. The lowest BCUT2D eigenvalue weighted by atomic mass is 10.1. The Labute approximate surface area is 208 Å². The van der Waals surface area contributed by atoms with Crippen molar-refractivity contribution in [3.63, 3.8) is 0 Å². The van der Waals surface area contributed by atoms with Gasteiger partial charge in [0.1, 0.15) is 5.75 Å². The Morgan fingerprint density at radius 1 is 1.18 bits per heavy atom. The van der Waals surface area contributed by atoms with Crippen molar-refractivity contribution < 1.29 is 9.53 Å². The molecule has 178 valence electrons. The van der Waals surface area contributed by atoms with Gasteiger partial charge < -0.3 is 20.7 Å². The number of hydrogen-bond acceptors (Lipinski definition) is 6. The van der Waals surface area contributed by atoms with E-state index in [0.717, 1.165) is 55.5 Å². The lowest BCUT2D eigenvalue weighted by Gasteiger charge is -2.26. The molecule has 9 heteroatoms. The van der Waals surface area contributed by atoms with Crippen molar-refractivity contribution in [2.24, 2.45) is 5.73 Å². The van der Waals surface area contributed by atoms with Crippen molar-refractivity contribution in [1.82, 2.24) is 9.88 Å². The smallest absolute Gasteiger partial charge is 0.252 e. The molecule has 0 radical (unpaired) electrons. The zero-order chi connectivity index (χ0) is 23.8. The summed E-state index contributed by atoms with van der Waals surface area (Å²) in [6, 6.07) is 9.99. The van der Waals surface area contributed by atoms with Crippen LogP contribution in [-0.4, -0.2) is 55.1 Å². The molecular weight excluding hydrogens is 473 g/mol. The number of pyridine rings is 1. The van der Waals surface area contributed by atoms with Crippen molar-refractivity contribution in [2.45, 2.75) is 25.3 Å². The highest BCUT2D eigenvalue weighted by atomic mass is 35.5. The molecule has 0 bridgehead atoms. The molecule has 7 nitrogen and oxygen atoms in total. The van der Waals surface area contributed by atoms with E-state index in [1.807, 2.05) is 12.1 Å². The summed E-state index contributed by atoms with van der Waals surface area (Å²) in [5, 5.41) is 4.83. The van der Waals surface area contributed by atoms with E-state index >= 15 is 0 Å². The number of primary amides is 1. The number of aromatic nitrogens is 1. The van der Waals surface area contributed by atoms with Gasteiger partial charge in [0.2, 0.25) is 0 Å². The second-order valence-corrected chi connectivity index (χ2v) is 9.57. The predicted molar refractivity (Wildman–Crippen MR) is 138 cm³/mol. The zero-order valence-electron chi connectivity index (χ0n) is 19.0. The van der Waals surface area contributed by atoms with E-state index < -0.39 is 5.91 Å². The molecule has 1 aromatic heterocycles. The molecule has 1 saturated heterocycles. The molecule has 0 spiro atoms. The molecule has 5 rings (SSSR count).